The number of carbonyl (C=O) groups is 4. The number of amides is 4. The Hall–Kier alpha value is 0.380. The number of carbonyl (C=O) groups excluding carboxylic acids is 4. The SMILES string of the molecule is O=C1C2CC3C(=O)N(CCCSCCSCCS)C(=O)C3C2C(=O)N1CCCSCCSCCS. The molecule has 0 bridgehead atoms. The van der Waals surface area contributed by atoms with E-state index in [1.807, 2.05) is 47.0 Å². The first kappa shape index (κ1) is 29.9. The van der Waals surface area contributed by atoms with Gasteiger partial charge in [-0.3, -0.25) is 29.0 Å². The van der Waals surface area contributed by atoms with Crippen LogP contribution in [0, 0.1) is 23.7 Å². The lowest BCUT2D eigenvalue weighted by molar-refractivity contribution is -0.144. The second-order valence-corrected chi connectivity index (χ2v) is 14.6. The van der Waals surface area contributed by atoms with Gasteiger partial charge in [-0.15, -0.1) is 0 Å². The number of imide groups is 2. The van der Waals surface area contributed by atoms with Crippen LogP contribution < -0.4 is 0 Å². The molecule has 4 amide bonds. The minimum absolute atomic E-state index is 0.178. The quantitative estimate of drug-likeness (QED) is 0.142. The van der Waals surface area contributed by atoms with Crippen LogP contribution >= 0.6 is 72.3 Å². The zero-order valence-corrected chi connectivity index (χ0v) is 25.0. The lowest BCUT2D eigenvalue weighted by Crippen LogP contribution is -2.37. The van der Waals surface area contributed by atoms with Crippen LogP contribution in [0.3, 0.4) is 0 Å². The summed E-state index contributed by atoms with van der Waals surface area (Å²) in [6, 6.07) is 0. The van der Waals surface area contributed by atoms with Crippen LogP contribution in [0.1, 0.15) is 19.3 Å². The van der Waals surface area contributed by atoms with Crippen molar-refractivity contribution in [2.75, 3.05) is 70.6 Å². The van der Waals surface area contributed by atoms with E-state index >= 15 is 0 Å². The molecule has 0 spiro atoms. The van der Waals surface area contributed by atoms with E-state index in [0.717, 1.165) is 70.4 Å². The maximum atomic E-state index is 13.1. The van der Waals surface area contributed by atoms with Crippen molar-refractivity contribution in [2.24, 2.45) is 23.7 Å². The molecule has 2 saturated heterocycles. The van der Waals surface area contributed by atoms with Crippen molar-refractivity contribution in [2.45, 2.75) is 19.3 Å². The van der Waals surface area contributed by atoms with E-state index < -0.39 is 23.7 Å². The molecule has 0 radical (unpaired) electrons. The molecule has 3 fully saturated rings. The van der Waals surface area contributed by atoms with Crippen molar-refractivity contribution in [3.63, 3.8) is 0 Å². The second kappa shape index (κ2) is 15.7. The predicted molar refractivity (Wildman–Crippen MR) is 158 cm³/mol. The van der Waals surface area contributed by atoms with E-state index in [0.29, 0.717) is 19.5 Å². The van der Waals surface area contributed by atoms with Crippen molar-refractivity contribution in [1.82, 2.24) is 9.80 Å². The fourth-order valence-corrected chi connectivity index (χ4v) is 9.47. The first-order valence-corrected chi connectivity index (χ1v) is 18.1. The first-order valence-electron chi connectivity index (χ1n) is 12.3. The highest BCUT2D eigenvalue weighted by Crippen LogP contribution is 2.51. The highest BCUT2D eigenvalue weighted by molar-refractivity contribution is 8.03. The summed E-state index contributed by atoms with van der Waals surface area (Å²) in [4.78, 5) is 54.9. The Kier molecular flexibility index (Phi) is 13.4. The average molecular weight is 597 g/mol. The summed E-state index contributed by atoms with van der Waals surface area (Å²) >= 11 is 15.8. The summed E-state index contributed by atoms with van der Waals surface area (Å²) < 4.78 is 0. The monoisotopic (exact) mass is 596 g/mol. The van der Waals surface area contributed by atoms with Crippen LogP contribution in [-0.2, 0) is 19.2 Å². The summed E-state index contributed by atoms with van der Waals surface area (Å²) in [6.45, 7) is 0.822. The molecule has 4 atom stereocenters. The van der Waals surface area contributed by atoms with Crippen LogP contribution in [0.5, 0.6) is 0 Å². The van der Waals surface area contributed by atoms with Crippen LogP contribution in [0.25, 0.3) is 0 Å². The molecule has 2 heterocycles. The number of thioether (sulfide) groups is 4. The van der Waals surface area contributed by atoms with Gasteiger partial charge >= 0.3 is 0 Å². The fraction of sp³-hybridized carbons (Fsp3) is 0.826. The van der Waals surface area contributed by atoms with Gasteiger partial charge in [0.05, 0.1) is 23.7 Å². The fourth-order valence-electron chi connectivity index (χ4n) is 5.07. The van der Waals surface area contributed by atoms with Crippen molar-refractivity contribution >= 4 is 95.9 Å². The Balaban J connectivity index is 1.42. The number of rotatable bonds is 18. The Morgan fingerprint density at radius 2 is 0.943 bits per heavy atom. The Morgan fingerprint density at radius 1 is 0.571 bits per heavy atom. The van der Waals surface area contributed by atoms with Crippen molar-refractivity contribution in [3.8, 4) is 0 Å². The third-order valence-corrected chi connectivity index (χ3v) is 12.3. The molecule has 3 rings (SSSR count). The minimum atomic E-state index is -0.641. The summed E-state index contributed by atoms with van der Waals surface area (Å²) in [5, 5.41) is 0. The molecule has 3 aliphatic rings. The van der Waals surface area contributed by atoms with E-state index in [4.69, 9.17) is 0 Å². The van der Waals surface area contributed by atoms with Gasteiger partial charge in [-0.25, -0.2) is 0 Å². The normalized spacial score (nSPS) is 25.8. The molecule has 0 aromatic carbocycles. The van der Waals surface area contributed by atoms with Crippen LogP contribution in [0.4, 0.5) is 0 Å². The summed E-state index contributed by atoms with van der Waals surface area (Å²) in [5.74, 6) is 6.85. The number of nitrogens with zero attached hydrogens (tertiary/aromatic N) is 2. The van der Waals surface area contributed by atoms with Gasteiger partial charge in [0.2, 0.25) is 23.6 Å². The Labute approximate surface area is 237 Å². The third-order valence-electron chi connectivity index (χ3n) is 6.59. The molecule has 12 heteroatoms. The average Bonchev–Trinajstić information content (AvgIpc) is 3.43. The van der Waals surface area contributed by atoms with Crippen molar-refractivity contribution < 1.29 is 19.2 Å². The maximum Gasteiger partial charge on any atom is 0.233 e. The smallest absolute Gasteiger partial charge is 0.233 e. The van der Waals surface area contributed by atoms with E-state index in [9.17, 15) is 19.2 Å². The van der Waals surface area contributed by atoms with Gasteiger partial charge < -0.3 is 0 Å². The number of hydrogen-bond acceptors (Lipinski definition) is 10. The summed E-state index contributed by atoms with van der Waals surface area (Å²) in [5.41, 5.74) is 0. The summed E-state index contributed by atoms with van der Waals surface area (Å²) in [7, 11) is 0. The molecule has 0 aromatic rings. The van der Waals surface area contributed by atoms with Crippen LogP contribution in [0.15, 0.2) is 0 Å². The maximum absolute atomic E-state index is 13.1. The number of fused-ring (bicyclic) bond motifs is 3. The molecule has 35 heavy (non-hydrogen) atoms. The highest BCUT2D eigenvalue weighted by atomic mass is 32.2. The zero-order chi connectivity index (χ0) is 25.2. The number of hydrogen-bond donors (Lipinski definition) is 2. The van der Waals surface area contributed by atoms with Crippen LogP contribution in [-0.4, -0.2) is 104 Å². The molecule has 4 unspecified atom stereocenters. The van der Waals surface area contributed by atoms with Gasteiger partial charge in [-0.05, 0) is 42.3 Å². The molecule has 198 valence electrons. The predicted octanol–water partition coefficient (Wildman–Crippen LogP) is 3.17. The number of likely N-dealkylation sites (tertiary alicyclic amines) is 2. The zero-order valence-electron chi connectivity index (χ0n) is 20.0. The number of thiol groups is 2. The molecular formula is C23H36N2O4S6. The van der Waals surface area contributed by atoms with E-state index in [1.165, 1.54) is 9.80 Å². The molecule has 0 aromatic heterocycles. The van der Waals surface area contributed by atoms with E-state index in [1.54, 1.807) is 0 Å². The van der Waals surface area contributed by atoms with Gasteiger partial charge in [0.1, 0.15) is 0 Å². The molecular weight excluding hydrogens is 561 g/mol. The van der Waals surface area contributed by atoms with Gasteiger partial charge in [-0.2, -0.15) is 72.3 Å². The van der Waals surface area contributed by atoms with Gasteiger partial charge in [-0.1, -0.05) is 0 Å². The molecule has 2 aliphatic heterocycles. The van der Waals surface area contributed by atoms with E-state index in [-0.39, 0.29) is 23.6 Å². The topological polar surface area (TPSA) is 74.8 Å². The van der Waals surface area contributed by atoms with Gasteiger partial charge in [0, 0.05) is 47.6 Å². The standard InChI is InChI=1S/C23H36N2O4S6/c26-20-16-15-17-19(18(16)22(28)24(20)3-1-7-32-11-13-34-9-5-30)23(29)25(21(17)27)4-2-8-33-12-14-35-10-6-31/h16-19,30-31H,1-15H2. The van der Waals surface area contributed by atoms with Gasteiger partial charge in [0.15, 0.2) is 0 Å². The molecule has 1 aliphatic carbocycles. The lowest BCUT2D eigenvalue weighted by Gasteiger charge is -2.18. The molecule has 1 saturated carbocycles. The van der Waals surface area contributed by atoms with E-state index in [2.05, 4.69) is 25.3 Å². The molecule has 0 N–H and O–H groups in total. The third kappa shape index (κ3) is 7.71. The first-order chi connectivity index (χ1) is 17.0. The minimum Gasteiger partial charge on any atom is -0.282 e. The summed E-state index contributed by atoms with van der Waals surface area (Å²) in [6.07, 6.45) is 1.86. The molecule has 6 nitrogen and oxygen atoms in total. The lowest BCUT2D eigenvalue weighted by atomic mass is 9.89. The van der Waals surface area contributed by atoms with Gasteiger partial charge in [0.25, 0.3) is 0 Å². The largest absolute Gasteiger partial charge is 0.282 e. The van der Waals surface area contributed by atoms with Crippen molar-refractivity contribution in [1.29, 1.82) is 0 Å². The Morgan fingerprint density at radius 3 is 1.31 bits per heavy atom. The second-order valence-electron chi connectivity index (χ2n) is 8.76. The van der Waals surface area contributed by atoms with Crippen molar-refractivity contribution in [3.05, 3.63) is 0 Å². The highest BCUT2D eigenvalue weighted by Gasteiger charge is 2.65. The van der Waals surface area contributed by atoms with Crippen LogP contribution in [0.2, 0.25) is 0 Å². The Bertz CT molecular complexity index is 698.